The van der Waals surface area contributed by atoms with E-state index >= 15 is 0 Å². The van der Waals surface area contributed by atoms with Crippen LogP contribution in [0.15, 0.2) is 24.3 Å². The van der Waals surface area contributed by atoms with Crippen molar-refractivity contribution in [1.82, 2.24) is 4.98 Å². The SMILES string of the molecule is Cc1sc(-c2ccc(C(N)=S)cc2)nc1O. The average molecular weight is 250 g/mol. The number of aryl methyl sites for hydroxylation is 1. The monoisotopic (exact) mass is 250 g/mol. The van der Waals surface area contributed by atoms with Gasteiger partial charge in [-0.1, -0.05) is 36.5 Å². The van der Waals surface area contributed by atoms with Gasteiger partial charge in [-0.3, -0.25) is 0 Å². The van der Waals surface area contributed by atoms with E-state index in [0.29, 0.717) is 4.99 Å². The van der Waals surface area contributed by atoms with E-state index < -0.39 is 0 Å². The van der Waals surface area contributed by atoms with Crippen LogP contribution in [-0.2, 0) is 0 Å². The minimum Gasteiger partial charge on any atom is -0.492 e. The van der Waals surface area contributed by atoms with Gasteiger partial charge < -0.3 is 10.8 Å². The molecule has 1 heterocycles. The molecule has 0 amide bonds. The summed E-state index contributed by atoms with van der Waals surface area (Å²) < 4.78 is 0. The van der Waals surface area contributed by atoms with E-state index in [1.54, 1.807) is 0 Å². The van der Waals surface area contributed by atoms with Gasteiger partial charge in [0, 0.05) is 11.1 Å². The summed E-state index contributed by atoms with van der Waals surface area (Å²) in [6.45, 7) is 1.83. The maximum absolute atomic E-state index is 9.40. The molecule has 3 N–H and O–H groups in total. The Labute approximate surface area is 103 Å². The van der Waals surface area contributed by atoms with E-state index in [2.05, 4.69) is 4.98 Å². The molecule has 1 aromatic carbocycles. The first-order valence-electron chi connectivity index (χ1n) is 4.64. The number of nitrogens with two attached hydrogens (primary N) is 1. The first-order valence-corrected chi connectivity index (χ1v) is 5.87. The molecule has 0 fully saturated rings. The molecule has 0 aliphatic heterocycles. The van der Waals surface area contributed by atoms with Crippen LogP contribution in [0.1, 0.15) is 10.4 Å². The second-order valence-corrected chi connectivity index (χ2v) is 4.98. The standard InChI is InChI=1S/C11H10N2OS2/c1-6-10(14)13-11(16-6)8-4-2-7(3-5-8)9(12)15/h2-5,14H,1H3,(H2,12,15). The van der Waals surface area contributed by atoms with Crippen LogP contribution < -0.4 is 5.73 Å². The lowest BCUT2D eigenvalue weighted by molar-refractivity contribution is 0.454. The molecular weight excluding hydrogens is 240 g/mol. The molecule has 0 bridgehead atoms. The Morgan fingerprint density at radius 2 is 2.00 bits per heavy atom. The fraction of sp³-hybridized carbons (Fsp3) is 0.0909. The van der Waals surface area contributed by atoms with E-state index in [1.165, 1.54) is 11.3 Å². The van der Waals surface area contributed by atoms with Gasteiger partial charge >= 0.3 is 0 Å². The molecule has 0 spiro atoms. The van der Waals surface area contributed by atoms with Crippen molar-refractivity contribution in [3.8, 4) is 16.5 Å². The molecular formula is C11H10N2OS2. The predicted octanol–water partition coefficient (Wildman–Crippen LogP) is 2.46. The zero-order valence-electron chi connectivity index (χ0n) is 8.60. The highest BCUT2D eigenvalue weighted by atomic mass is 32.1. The van der Waals surface area contributed by atoms with E-state index in [1.807, 2.05) is 31.2 Å². The number of aromatic hydroxyl groups is 1. The normalized spacial score (nSPS) is 10.3. The Hall–Kier alpha value is -1.46. The Kier molecular flexibility index (Phi) is 2.89. The summed E-state index contributed by atoms with van der Waals surface area (Å²) in [4.78, 5) is 5.26. The molecule has 16 heavy (non-hydrogen) atoms. The van der Waals surface area contributed by atoms with E-state index in [9.17, 15) is 5.11 Å². The molecule has 0 aliphatic rings. The van der Waals surface area contributed by atoms with Crippen LogP contribution in [0.3, 0.4) is 0 Å². The lowest BCUT2D eigenvalue weighted by atomic mass is 10.1. The van der Waals surface area contributed by atoms with Gasteiger partial charge in [-0.05, 0) is 6.92 Å². The molecule has 0 atom stereocenters. The number of nitrogens with zero attached hydrogens (tertiary/aromatic N) is 1. The van der Waals surface area contributed by atoms with Crippen LogP contribution >= 0.6 is 23.6 Å². The van der Waals surface area contributed by atoms with Crippen LogP contribution in [0.2, 0.25) is 0 Å². The summed E-state index contributed by atoms with van der Waals surface area (Å²) in [7, 11) is 0. The van der Waals surface area contributed by atoms with E-state index in [0.717, 1.165) is 21.0 Å². The number of thiazole rings is 1. The van der Waals surface area contributed by atoms with Crippen LogP contribution in [0.25, 0.3) is 10.6 Å². The highest BCUT2D eigenvalue weighted by Gasteiger charge is 2.08. The average Bonchev–Trinajstić information content (AvgIpc) is 2.59. The summed E-state index contributed by atoms with van der Waals surface area (Å²) in [5, 5.41) is 10.2. The van der Waals surface area contributed by atoms with Crippen LogP contribution in [0, 0.1) is 6.92 Å². The lowest BCUT2D eigenvalue weighted by Gasteiger charge is -1.99. The Morgan fingerprint density at radius 1 is 1.38 bits per heavy atom. The van der Waals surface area contributed by atoms with Crippen LogP contribution in [0.4, 0.5) is 0 Å². The number of aromatic nitrogens is 1. The van der Waals surface area contributed by atoms with Gasteiger partial charge in [-0.25, -0.2) is 4.98 Å². The first kappa shape index (κ1) is 11.0. The Bertz CT molecular complexity index is 512. The largest absolute Gasteiger partial charge is 0.492 e. The molecule has 82 valence electrons. The van der Waals surface area contributed by atoms with Gasteiger partial charge in [-0.2, -0.15) is 0 Å². The van der Waals surface area contributed by atoms with Crippen molar-refractivity contribution in [3.05, 3.63) is 34.7 Å². The quantitative estimate of drug-likeness (QED) is 0.804. The maximum Gasteiger partial charge on any atom is 0.225 e. The molecule has 2 rings (SSSR count). The van der Waals surface area contributed by atoms with Gasteiger partial charge in [0.1, 0.15) is 10.00 Å². The van der Waals surface area contributed by atoms with Crippen molar-refractivity contribution in [2.75, 3.05) is 0 Å². The van der Waals surface area contributed by atoms with Crippen molar-refractivity contribution in [1.29, 1.82) is 0 Å². The number of benzene rings is 1. The van der Waals surface area contributed by atoms with E-state index in [-0.39, 0.29) is 5.88 Å². The molecule has 0 saturated carbocycles. The van der Waals surface area contributed by atoms with Crippen LogP contribution in [0.5, 0.6) is 5.88 Å². The predicted molar refractivity (Wildman–Crippen MR) is 69.8 cm³/mol. The van der Waals surface area contributed by atoms with Gasteiger partial charge in [0.05, 0.1) is 4.88 Å². The molecule has 0 saturated heterocycles. The van der Waals surface area contributed by atoms with E-state index in [4.69, 9.17) is 18.0 Å². The summed E-state index contributed by atoms with van der Waals surface area (Å²) in [6.07, 6.45) is 0. The molecule has 3 nitrogen and oxygen atoms in total. The second-order valence-electron chi connectivity index (χ2n) is 3.34. The summed E-state index contributed by atoms with van der Waals surface area (Å²) in [5.41, 5.74) is 7.29. The number of rotatable bonds is 2. The molecule has 0 radical (unpaired) electrons. The first-order chi connectivity index (χ1) is 7.58. The Morgan fingerprint density at radius 3 is 2.44 bits per heavy atom. The summed E-state index contributed by atoms with van der Waals surface area (Å²) >= 11 is 6.33. The third-order valence-corrected chi connectivity index (χ3v) is 3.43. The second kappa shape index (κ2) is 4.19. The third-order valence-electron chi connectivity index (χ3n) is 2.19. The van der Waals surface area contributed by atoms with Gasteiger partial charge in [-0.15, -0.1) is 11.3 Å². The zero-order chi connectivity index (χ0) is 11.7. The smallest absolute Gasteiger partial charge is 0.225 e. The number of thiocarbonyl (C=S) groups is 1. The topological polar surface area (TPSA) is 59.1 Å². The van der Waals surface area contributed by atoms with Gasteiger partial charge in [0.25, 0.3) is 0 Å². The summed E-state index contributed by atoms with van der Waals surface area (Å²) in [5.74, 6) is 0.0958. The lowest BCUT2D eigenvalue weighted by Crippen LogP contribution is -2.08. The minimum atomic E-state index is 0.0958. The maximum atomic E-state index is 9.40. The number of hydrogen-bond acceptors (Lipinski definition) is 4. The van der Waals surface area contributed by atoms with Crippen molar-refractivity contribution < 1.29 is 5.11 Å². The van der Waals surface area contributed by atoms with Crippen LogP contribution in [-0.4, -0.2) is 15.1 Å². The highest BCUT2D eigenvalue weighted by Crippen LogP contribution is 2.30. The van der Waals surface area contributed by atoms with Gasteiger partial charge in [0.15, 0.2) is 0 Å². The molecule has 1 aromatic heterocycles. The van der Waals surface area contributed by atoms with Crippen molar-refractivity contribution in [2.24, 2.45) is 5.73 Å². The fourth-order valence-corrected chi connectivity index (χ4v) is 2.24. The molecule has 2 aromatic rings. The third kappa shape index (κ3) is 2.05. The number of hydrogen-bond donors (Lipinski definition) is 2. The van der Waals surface area contributed by atoms with Crippen molar-refractivity contribution >= 4 is 28.5 Å². The molecule has 0 aliphatic carbocycles. The molecule has 0 unspecified atom stereocenters. The van der Waals surface area contributed by atoms with Crippen molar-refractivity contribution in [2.45, 2.75) is 6.92 Å². The highest BCUT2D eigenvalue weighted by molar-refractivity contribution is 7.80. The minimum absolute atomic E-state index is 0.0958. The summed E-state index contributed by atoms with van der Waals surface area (Å²) in [6, 6.07) is 7.50. The Balaban J connectivity index is 2.38. The zero-order valence-corrected chi connectivity index (χ0v) is 10.2. The fourth-order valence-electron chi connectivity index (χ4n) is 1.29. The van der Waals surface area contributed by atoms with Gasteiger partial charge in [0.2, 0.25) is 5.88 Å². The van der Waals surface area contributed by atoms with Crippen molar-refractivity contribution in [3.63, 3.8) is 0 Å². The molecule has 5 heteroatoms.